The van der Waals surface area contributed by atoms with Crippen LogP contribution in [0.1, 0.15) is 56.4 Å². The molecule has 0 aliphatic carbocycles. The second kappa shape index (κ2) is 13.2. The molecule has 3 aromatic carbocycles. The van der Waals surface area contributed by atoms with Gasteiger partial charge in [-0.15, -0.1) is 9.05 Å². The number of hydrogen-bond acceptors (Lipinski definition) is 7. The molecule has 2 amide bonds. The van der Waals surface area contributed by atoms with E-state index in [4.69, 9.17) is 20.6 Å². The summed E-state index contributed by atoms with van der Waals surface area (Å²) in [6.07, 6.45) is 0.322. The molecule has 0 radical (unpaired) electrons. The molecule has 3 aromatic rings. The summed E-state index contributed by atoms with van der Waals surface area (Å²) in [5.41, 5.74) is 4.35. The quantitative estimate of drug-likeness (QED) is 0.236. The Morgan fingerprint density at radius 1 is 1.02 bits per heavy atom. The molecule has 1 aliphatic heterocycles. The smallest absolute Gasteiger partial charge is 0.467 e. The van der Waals surface area contributed by atoms with Crippen molar-refractivity contribution in [2.24, 2.45) is 0 Å². The summed E-state index contributed by atoms with van der Waals surface area (Å²) in [7, 11) is -1.43. The van der Waals surface area contributed by atoms with E-state index in [9.17, 15) is 18.9 Å². The minimum atomic E-state index is -2.63. The second-order valence-corrected chi connectivity index (χ2v) is 10.6. The molecule has 0 spiro atoms. The van der Waals surface area contributed by atoms with Gasteiger partial charge < -0.3 is 15.0 Å². The van der Waals surface area contributed by atoms with Gasteiger partial charge in [-0.05, 0) is 80.3 Å². The Hall–Kier alpha value is -3.62. The van der Waals surface area contributed by atoms with Crippen molar-refractivity contribution in [2.75, 3.05) is 30.5 Å². The molecule has 4 rings (SSSR count). The Morgan fingerprint density at radius 2 is 1.80 bits per heavy atom. The van der Waals surface area contributed by atoms with E-state index in [1.807, 2.05) is 32.0 Å². The number of nitrogens with one attached hydrogen (secondary N) is 1. The molecule has 0 saturated carbocycles. The molecule has 0 aromatic heterocycles. The summed E-state index contributed by atoms with van der Waals surface area (Å²) < 4.78 is 27.5. The molecule has 9 nitrogen and oxygen atoms in total. The summed E-state index contributed by atoms with van der Waals surface area (Å²) in [6, 6.07) is 17.5. The lowest BCUT2D eigenvalue weighted by Crippen LogP contribution is -2.32. The number of ether oxygens (including phenoxy) is 1. The molecule has 1 aliphatic rings. The van der Waals surface area contributed by atoms with E-state index in [1.54, 1.807) is 47.4 Å². The first-order valence-corrected chi connectivity index (χ1v) is 14.1. The molecule has 0 bridgehead atoms. The van der Waals surface area contributed by atoms with Crippen molar-refractivity contribution >= 4 is 49.0 Å². The van der Waals surface area contributed by atoms with E-state index >= 15 is 0 Å². The fraction of sp³-hybridized carbons (Fsp3) is 0.276. The third-order valence-corrected chi connectivity index (χ3v) is 7.56. The highest BCUT2D eigenvalue weighted by atomic mass is 35.5. The van der Waals surface area contributed by atoms with Gasteiger partial charge in [-0.2, -0.15) is 0 Å². The van der Waals surface area contributed by atoms with Crippen LogP contribution in [-0.4, -0.2) is 38.0 Å². The molecule has 2 unspecified atom stereocenters. The number of hydrogen-bond donors (Lipinski definition) is 1. The molecule has 2 atom stereocenters. The predicted molar refractivity (Wildman–Crippen MR) is 152 cm³/mol. The van der Waals surface area contributed by atoms with Gasteiger partial charge in [0.25, 0.3) is 11.8 Å². The van der Waals surface area contributed by atoms with Gasteiger partial charge in [0, 0.05) is 38.5 Å². The standard InChI is InChI=1S/C29H28ClN2O7P/c1-18-7-4-5-8-22(18)28(34)31-21-11-12-23(19(2)15-21)29(35)32-14-6-9-26(24-16-20(30)10-13-25(24)32)39-40(36)38-17-27(33)37-3/h4-5,7-8,10-13,15-16,26H,6,9,14,17H2,1-3H3/p+1. The predicted octanol–water partition coefficient (Wildman–Crippen LogP) is 6.55. The number of benzene rings is 3. The number of nitrogens with zero attached hydrogens (tertiary/aromatic N) is 1. The maximum Gasteiger partial charge on any atom is 0.698 e. The average molecular weight is 584 g/mol. The first-order chi connectivity index (χ1) is 19.2. The maximum absolute atomic E-state index is 13.8. The van der Waals surface area contributed by atoms with E-state index in [0.717, 1.165) is 5.56 Å². The van der Waals surface area contributed by atoms with Crippen LogP contribution in [0.3, 0.4) is 0 Å². The third-order valence-electron chi connectivity index (χ3n) is 6.55. The number of fused-ring (bicyclic) bond motifs is 1. The minimum absolute atomic E-state index is 0.227. The van der Waals surface area contributed by atoms with Gasteiger partial charge in [-0.25, -0.2) is 4.79 Å². The molecule has 11 heteroatoms. The van der Waals surface area contributed by atoms with Crippen molar-refractivity contribution in [1.82, 2.24) is 0 Å². The number of methoxy groups -OCH3 is 1. The summed E-state index contributed by atoms with van der Waals surface area (Å²) >= 11 is 6.28. The van der Waals surface area contributed by atoms with Gasteiger partial charge in [0.15, 0.2) is 0 Å². The number of amides is 2. The highest BCUT2D eigenvalue weighted by Crippen LogP contribution is 2.43. The summed E-state index contributed by atoms with van der Waals surface area (Å²) in [4.78, 5) is 39.5. The van der Waals surface area contributed by atoms with Crippen LogP contribution in [0.15, 0.2) is 60.7 Å². The van der Waals surface area contributed by atoms with Gasteiger partial charge in [-0.3, -0.25) is 9.59 Å². The van der Waals surface area contributed by atoms with Gasteiger partial charge in [0.05, 0.1) is 12.8 Å². The van der Waals surface area contributed by atoms with Crippen LogP contribution in [0.4, 0.5) is 11.4 Å². The number of carbonyl (C=O) groups is 3. The van der Waals surface area contributed by atoms with Gasteiger partial charge in [0.2, 0.25) is 6.61 Å². The summed E-state index contributed by atoms with van der Waals surface area (Å²) in [5, 5.41) is 3.33. The van der Waals surface area contributed by atoms with Gasteiger partial charge >= 0.3 is 14.2 Å². The Bertz CT molecular complexity index is 1460. The first kappa shape index (κ1) is 29.4. The highest BCUT2D eigenvalue weighted by Gasteiger charge is 2.35. The lowest BCUT2D eigenvalue weighted by Gasteiger charge is -2.24. The SMILES string of the molecule is COC(=O)CO[P+](=O)OC1CCCN(C(=O)c2ccc(NC(=O)c3ccccc3C)cc2C)c2ccc(Cl)cc21. The first-order valence-electron chi connectivity index (χ1n) is 12.6. The van der Waals surface area contributed by atoms with Crippen molar-refractivity contribution in [3.05, 3.63) is 93.5 Å². The molecule has 208 valence electrons. The van der Waals surface area contributed by atoms with Crippen molar-refractivity contribution < 1.29 is 32.7 Å². The van der Waals surface area contributed by atoms with Crippen LogP contribution >= 0.6 is 19.9 Å². The molecule has 40 heavy (non-hydrogen) atoms. The Morgan fingerprint density at radius 3 is 2.52 bits per heavy atom. The largest absolute Gasteiger partial charge is 0.698 e. The number of esters is 1. The summed E-state index contributed by atoms with van der Waals surface area (Å²) in [6.45, 7) is 3.56. The van der Waals surface area contributed by atoms with Crippen LogP contribution in [0.2, 0.25) is 5.02 Å². The van der Waals surface area contributed by atoms with Crippen LogP contribution in [0, 0.1) is 13.8 Å². The van der Waals surface area contributed by atoms with E-state index in [0.29, 0.717) is 58.0 Å². The number of carbonyl (C=O) groups excluding carboxylic acids is 3. The molecular weight excluding hydrogens is 555 g/mol. The Kier molecular flexibility index (Phi) is 9.66. The van der Waals surface area contributed by atoms with E-state index in [-0.39, 0.29) is 11.8 Å². The molecule has 1 N–H and O–H groups in total. The van der Waals surface area contributed by atoms with Gasteiger partial charge in [0.1, 0.15) is 6.10 Å². The number of aryl methyl sites for hydroxylation is 2. The van der Waals surface area contributed by atoms with E-state index < -0.39 is 26.9 Å². The van der Waals surface area contributed by atoms with E-state index in [2.05, 4.69) is 10.1 Å². The maximum atomic E-state index is 13.8. The lowest BCUT2D eigenvalue weighted by atomic mass is 10.0. The second-order valence-electron chi connectivity index (χ2n) is 9.27. The number of halogens is 1. The van der Waals surface area contributed by atoms with Crippen molar-refractivity contribution in [3.63, 3.8) is 0 Å². The fourth-order valence-electron chi connectivity index (χ4n) is 4.51. The minimum Gasteiger partial charge on any atom is -0.467 e. The average Bonchev–Trinajstić information content (AvgIpc) is 3.10. The van der Waals surface area contributed by atoms with Crippen LogP contribution in [-0.2, 0) is 23.1 Å². The van der Waals surface area contributed by atoms with Gasteiger partial charge in [-0.1, -0.05) is 29.8 Å². The highest BCUT2D eigenvalue weighted by molar-refractivity contribution is 7.33. The van der Waals surface area contributed by atoms with Crippen LogP contribution in [0.5, 0.6) is 0 Å². The lowest BCUT2D eigenvalue weighted by molar-refractivity contribution is -0.143. The monoisotopic (exact) mass is 583 g/mol. The fourth-order valence-corrected chi connectivity index (χ4v) is 5.39. The van der Waals surface area contributed by atoms with Crippen molar-refractivity contribution in [3.8, 4) is 0 Å². The molecule has 0 saturated heterocycles. The summed E-state index contributed by atoms with van der Waals surface area (Å²) in [5.74, 6) is -1.14. The topological polar surface area (TPSA) is 111 Å². The third kappa shape index (κ3) is 6.92. The zero-order valence-electron chi connectivity index (χ0n) is 22.3. The zero-order chi connectivity index (χ0) is 28.8. The Labute approximate surface area is 238 Å². The molecule has 0 fully saturated rings. The molecule has 1 heterocycles. The van der Waals surface area contributed by atoms with Crippen molar-refractivity contribution in [2.45, 2.75) is 32.8 Å². The normalized spacial score (nSPS) is 15.1. The van der Waals surface area contributed by atoms with Crippen molar-refractivity contribution in [1.29, 1.82) is 0 Å². The molecular formula is C29H29ClN2O7P+. The van der Waals surface area contributed by atoms with E-state index in [1.165, 1.54) is 7.11 Å². The number of rotatable bonds is 8. The van der Waals surface area contributed by atoms with Crippen LogP contribution in [0.25, 0.3) is 0 Å². The zero-order valence-corrected chi connectivity index (χ0v) is 24.0. The Balaban J connectivity index is 1.55. The van der Waals surface area contributed by atoms with Crippen LogP contribution < -0.4 is 10.2 Å². The number of anilines is 2.